The van der Waals surface area contributed by atoms with Gasteiger partial charge in [0.05, 0.1) is 19.0 Å². The summed E-state index contributed by atoms with van der Waals surface area (Å²) in [4.78, 5) is 4.64. The van der Waals surface area contributed by atoms with Crippen LogP contribution in [0.5, 0.6) is 5.75 Å². The normalized spacial score (nSPS) is 12.6. The van der Waals surface area contributed by atoms with Crippen LogP contribution in [-0.2, 0) is 19.5 Å². The number of nitrogens with zero attached hydrogens (tertiary/aromatic N) is 3. The maximum absolute atomic E-state index is 14.5. The van der Waals surface area contributed by atoms with E-state index in [-0.39, 0.29) is 5.82 Å². The first-order valence-corrected chi connectivity index (χ1v) is 10.2. The maximum Gasteiger partial charge on any atom is 0.135 e. The first-order valence-electron chi connectivity index (χ1n) is 10.2. The van der Waals surface area contributed by atoms with Crippen LogP contribution in [0.4, 0.5) is 10.2 Å². The summed E-state index contributed by atoms with van der Waals surface area (Å²) in [6.45, 7) is 1.73. The average molecular weight is 415 g/mol. The van der Waals surface area contributed by atoms with Crippen LogP contribution in [-0.4, -0.2) is 28.8 Å². The Hall–Kier alpha value is -3.58. The van der Waals surface area contributed by atoms with Crippen LogP contribution in [0.1, 0.15) is 16.7 Å². The molecule has 0 bridgehead atoms. The number of anilines is 1. The number of halogens is 1. The van der Waals surface area contributed by atoms with E-state index in [2.05, 4.69) is 50.1 Å². The third-order valence-corrected chi connectivity index (χ3v) is 5.62. The average Bonchev–Trinajstić information content (AvgIpc) is 3.28. The maximum atomic E-state index is 14.5. The van der Waals surface area contributed by atoms with Gasteiger partial charge < -0.3 is 15.4 Å². The van der Waals surface area contributed by atoms with Crippen molar-refractivity contribution in [3.63, 3.8) is 0 Å². The first kappa shape index (κ1) is 19.4. The van der Waals surface area contributed by atoms with E-state index in [0.29, 0.717) is 31.0 Å². The van der Waals surface area contributed by atoms with Gasteiger partial charge in [-0.15, -0.1) is 0 Å². The molecule has 4 aromatic rings. The molecule has 1 aliphatic heterocycles. The molecule has 7 heteroatoms. The Bertz CT molecular complexity index is 1240. The van der Waals surface area contributed by atoms with E-state index in [1.54, 1.807) is 18.5 Å². The number of aromatic nitrogens is 3. The molecule has 156 valence electrons. The fourth-order valence-electron chi connectivity index (χ4n) is 4.05. The van der Waals surface area contributed by atoms with Crippen molar-refractivity contribution in [1.29, 1.82) is 0 Å². The van der Waals surface area contributed by atoms with Crippen molar-refractivity contribution >= 4 is 16.6 Å². The molecule has 5 rings (SSSR count). The summed E-state index contributed by atoms with van der Waals surface area (Å²) in [7, 11) is 1.93. The lowest BCUT2D eigenvalue weighted by atomic mass is 10.0. The van der Waals surface area contributed by atoms with Crippen LogP contribution in [0.25, 0.3) is 21.9 Å². The number of pyridine rings is 1. The molecule has 0 saturated carbocycles. The lowest BCUT2D eigenvalue weighted by Gasteiger charge is -2.14. The second kappa shape index (κ2) is 8.28. The van der Waals surface area contributed by atoms with E-state index in [0.717, 1.165) is 39.8 Å². The smallest absolute Gasteiger partial charge is 0.135 e. The minimum atomic E-state index is -0.237. The third-order valence-electron chi connectivity index (χ3n) is 5.62. The van der Waals surface area contributed by atoms with Crippen LogP contribution in [0, 0.1) is 5.82 Å². The van der Waals surface area contributed by atoms with E-state index in [4.69, 9.17) is 4.74 Å². The van der Waals surface area contributed by atoms with Crippen molar-refractivity contribution in [2.75, 3.05) is 19.0 Å². The SMILES string of the molecule is CNCc1ccc(-c2cnc(NCc3c(F)ccc4c3CCO4)c3cnncc23)cc1. The summed E-state index contributed by atoms with van der Waals surface area (Å²) in [5.74, 6) is 1.18. The first-order chi connectivity index (χ1) is 15.2. The van der Waals surface area contributed by atoms with E-state index >= 15 is 0 Å². The van der Waals surface area contributed by atoms with E-state index in [1.807, 2.05) is 13.2 Å². The summed E-state index contributed by atoms with van der Waals surface area (Å²) >= 11 is 0. The van der Waals surface area contributed by atoms with Gasteiger partial charge in [0.1, 0.15) is 17.4 Å². The van der Waals surface area contributed by atoms with Crippen molar-refractivity contribution in [3.8, 4) is 16.9 Å². The Morgan fingerprint density at radius 2 is 1.77 bits per heavy atom. The molecular formula is C24H22FN5O. The van der Waals surface area contributed by atoms with Gasteiger partial charge in [-0.25, -0.2) is 9.37 Å². The molecule has 2 aromatic carbocycles. The number of ether oxygens (including phenoxy) is 1. The van der Waals surface area contributed by atoms with Gasteiger partial charge >= 0.3 is 0 Å². The Labute approximate surface area is 179 Å². The van der Waals surface area contributed by atoms with Crippen LogP contribution in [0.2, 0.25) is 0 Å². The summed E-state index contributed by atoms with van der Waals surface area (Å²) in [6.07, 6.45) is 5.98. The molecular weight excluding hydrogens is 393 g/mol. The molecule has 0 saturated heterocycles. The number of fused-ring (bicyclic) bond motifs is 2. The van der Waals surface area contributed by atoms with Gasteiger partial charge in [-0.05, 0) is 30.3 Å². The zero-order chi connectivity index (χ0) is 21.2. The highest BCUT2D eigenvalue weighted by atomic mass is 19.1. The Balaban J connectivity index is 1.48. The largest absolute Gasteiger partial charge is 0.493 e. The standard InChI is InChI=1S/C24H22FN5O/c1-26-10-15-2-4-16(5-3-15)18-11-27-24(21-14-30-29-13-19(18)21)28-12-20-17-8-9-31-23(17)7-6-22(20)25/h2-7,11,13-14,26H,8-10,12H2,1H3,(H,27,28). The minimum Gasteiger partial charge on any atom is -0.493 e. The number of benzene rings is 2. The zero-order valence-corrected chi connectivity index (χ0v) is 17.2. The lowest BCUT2D eigenvalue weighted by Crippen LogP contribution is -2.07. The molecule has 2 N–H and O–H groups in total. The van der Waals surface area contributed by atoms with Crippen molar-refractivity contribution in [2.24, 2.45) is 0 Å². The second-order valence-electron chi connectivity index (χ2n) is 7.52. The molecule has 6 nitrogen and oxygen atoms in total. The highest BCUT2D eigenvalue weighted by Gasteiger charge is 2.20. The molecule has 31 heavy (non-hydrogen) atoms. The van der Waals surface area contributed by atoms with E-state index < -0.39 is 0 Å². The lowest BCUT2D eigenvalue weighted by molar-refractivity contribution is 0.356. The highest BCUT2D eigenvalue weighted by Crippen LogP contribution is 2.33. The van der Waals surface area contributed by atoms with Crippen LogP contribution < -0.4 is 15.4 Å². The van der Waals surface area contributed by atoms with Crippen LogP contribution in [0.15, 0.2) is 55.0 Å². The second-order valence-corrected chi connectivity index (χ2v) is 7.52. The predicted molar refractivity (Wildman–Crippen MR) is 118 cm³/mol. The number of hydrogen-bond donors (Lipinski definition) is 2. The zero-order valence-electron chi connectivity index (χ0n) is 17.2. The molecule has 1 aliphatic rings. The van der Waals surface area contributed by atoms with E-state index in [9.17, 15) is 4.39 Å². The molecule has 0 radical (unpaired) electrons. The molecule has 0 unspecified atom stereocenters. The van der Waals surface area contributed by atoms with Gasteiger partial charge in [-0.1, -0.05) is 24.3 Å². The molecule has 0 aliphatic carbocycles. The van der Waals surface area contributed by atoms with Crippen LogP contribution >= 0.6 is 0 Å². The predicted octanol–water partition coefficient (Wildman–Crippen LogP) is 4.10. The number of rotatable bonds is 6. The quantitative estimate of drug-likeness (QED) is 0.494. The van der Waals surface area contributed by atoms with Gasteiger partial charge in [0.15, 0.2) is 0 Å². The van der Waals surface area contributed by atoms with Crippen molar-refractivity contribution in [3.05, 3.63) is 77.5 Å². The minimum absolute atomic E-state index is 0.237. The third kappa shape index (κ3) is 3.68. The van der Waals surface area contributed by atoms with Gasteiger partial charge in [-0.3, -0.25) is 0 Å². The molecule has 0 atom stereocenters. The topological polar surface area (TPSA) is 72.0 Å². The monoisotopic (exact) mass is 415 g/mol. The summed E-state index contributed by atoms with van der Waals surface area (Å²) in [6, 6.07) is 11.5. The molecule has 0 spiro atoms. The van der Waals surface area contributed by atoms with Crippen molar-refractivity contribution in [2.45, 2.75) is 19.5 Å². The summed E-state index contributed by atoms with van der Waals surface area (Å²) in [5.41, 5.74) is 4.79. The van der Waals surface area contributed by atoms with Crippen LogP contribution in [0.3, 0.4) is 0 Å². The van der Waals surface area contributed by atoms with Gasteiger partial charge in [0, 0.05) is 53.2 Å². The van der Waals surface area contributed by atoms with Crippen molar-refractivity contribution in [1.82, 2.24) is 20.5 Å². The molecule has 3 heterocycles. The Kier molecular flexibility index (Phi) is 5.18. The van der Waals surface area contributed by atoms with Gasteiger partial charge in [0.25, 0.3) is 0 Å². The molecule has 2 aromatic heterocycles. The fourth-order valence-corrected chi connectivity index (χ4v) is 4.05. The summed E-state index contributed by atoms with van der Waals surface area (Å²) in [5, 5.41) is 16.4. The van der Waals surface area contributed by atoms with Crippen molar-refractivity contribution < 1.29 is 9.13 Å². The van der Waals surface area contributed by atoms with E-state index in [1.165, 1.54) is 11.6 Å². The van der Waals surface area contributed by atoms with Gasteiger partial charge in [0.2, 0.25) is 0 Å². The number of hydrogen-bond acceptors (Lipinski definition) is 6. The molecule has 0 amide bonds. The fraction of sp³-hybridized carbons (Fsp3) is 0.208. The molecule has 0 fully saturated rings. The number of nitrogens with one attached hydrogen (secondary N) is 2. The summed E-state index contributed by atoms with van der Waals surface area (Å²) < 4.78 is 20.1. The highest BCUT2D eigenvalue weighted by molar-refractivity contribution is 6.00. The Morgan fingerprint density at radius 3 is 2.58 bits per heavy atom. The Morgan fingerprint density at radius 1 is 0.968 bits per heavy atom. The van der Waals surface area contributed by atoms with Gasteiger partial charge in [-0.2, -0.15) is 10.2 Å².